The lowest BCUT2D eigenvalue weighted by molar-refractivity contribution is -0.135. The van der Waals surface area contributed by atoms with E-state index in [2.05, 4.69) is 59.2 Å². The first kappa shape index (κ1) is 33.2. The molecule has 3 aliphatic heterocycles. The largest absolute Gasteiger partial charge is 0.385 e. The molecule has 53 heavy (non-hydrogen) atoms. The summed E-state index contributed by atoms with van der Waals surface area (Å²) in [6.45, 7) is 4.81. The Labute approximate surface area is 305 Å². The number of aromatic nitrogens is 5. The van der Waals surface area contributed by atoms with Gasteiger partial charge in [0.25, 0.3) is 5.91 Å². The van der Waals surface area contributed by atoms with Crippen LogP contribution in [0.5, 0.6) is 0 Å². The Hall–Kier alpha value is -5.70. The van der Waals surface area contributed by atoms with Gasteiger partial charge in [-0.05, 0) is 92.9 Å². The second-order valence-corrected chi connectivity index (χ2v) is 15.1. The summed E-state index contributed by atoms with van der Waals surface area (Å²) in [4.78, 5) is 62.3. The number of carbonyl (C=O) groups is 3. The third-order valence-electron chi connectivity index (χ3n) is 11.4. The lowest BCUT2D eigenvalue weighted by Crippen LogP contribution is -2.43. The third kappa shape index (κ3) is 6.38. The number of imide groups is 1. The molecular weight excluding hydrogens is 674 g/mol. The van der Waals surface area contributed by atoms with Crippen molar-refractivity contribution in [1.29, 1.82) is 0 Å². The Morgan fingerprint density at radius 3 is 2.62 bits per heavy atom. The molecule has 274 valence electrons. The van der Waals surface area contributed by atoms with E-state index in [0.29, 0.717) is 34.6 Å². The summed E-state index contributed by atoms with van der Waals surface area (Å²) in [5, 5.41) is 16.8. The molecule has 4 fully saturated rings. The van der Waals surface area contributed by atoms with E-state index in [1.807, 2.05) is 37.4 Å². The molecule has 5 aromatic rings. The van der Waals surface area contributed by atoms with Crippen molar-refractivity contribution >= 4 is 57.3 Å². The van der Waals surface area contributed by atoms with Crippen LogP contribution in [0.1, 0.15) is 67.0 Å². The Kier molecular flexibility index (Phi) is 8.17. The summed E-state index contributed by atoms with van der Waals surface area (Å²) in [5.41, 5.74) is 6.28. The van der Waals surface area contributed by atoms with Gasteiger partial charge in [-0.25, -0.2) is 14.3 Å². The zero-order valence-electron chi connectivity index (χ0n) is 29.7. The average molecular weight is 718 g/mol. The van der Waals surface area contributed by atoms with E-state index in [-0.39, 0.29) is 35.4 Å². The highest BCUT2D eigenvalue weighted by atomic mass is 16.2. The minimum absolute atomic E-state index is 0.166. The number of imidazole rings is 2. The highest BCUT2D eigenvalue weighted by Gasteiger charge is 2.41. The predicted octanol–water partition coefficient (Wildman–Crippen LogP) is 3.52. The summed E-state index contributed by atoms with van der Waals surface area (Å²) in [6, 6.07) is 15.8. The van der Waals surface area contributed by atoms with Crippen LogP contribution in [-0.4, -0.2) is 86.0 Å². The number of rotatable bonds is 9. The van der Waals surface area contributed by atoms with Gasteiger partial charge in [0.2, 0.25) is 11.8 Å². The van der Waals surface area contributed by atoms with E-state index < -0.39 is 11.9 Å². The number of carbonyl (C=O) groups excluding carboxylic acids is 3. The van der Waals surface area contributed by atoms with Crippen molar-refractivity contribution in [3.63, 3.8) is 0 Å². The van der Waals surface area contributed by atoms with Crippen molar-refractivity contribution in [2.45, 2.75) is 63.6 Å². The van der Waals surface area contributed by atoms with Crippen LogP contribution in [-0.2, 0) is 16.1 Å². The van der Waals surface area contributed by atoms with Crippen LogP contribution in [0, 0.1) is 5.41 Å². The van der Waals surface area contributed by atoms with E-state index >= 15 is 0 Å². The number of H-pyrrole nitrogens is 1. The lowest BCUT2D eigenvalue weighted by atomic mass is 9.77. The fraction of sp³-hybridized carbons (Fsp3) is 0.421. The first-order valence-electron chi connectivity index (χ1n) is 18.5. The summed E-state index contributed by atoms with van der Waals surface area (Å²) >= 11 is 0. The Morgan fingerprint density at radius 2 is 1.83 bits per heavy atom. The molecule has 4 aliphatic rings. The second kappa shape index (κ2) is 13.1. The lowest BCUT2D eigenvalue weighted by Gasteiger charge is -2.39. The van der Waals surface area contributed by atoms with E-state index in [9.17, 15) is 19.2 Å². The summed E-state index contributed by atoms with van der Waals surface area (Å²) in [7, 11) is 1.83. The molecule has 2 aromatic carbocycles. The van der Waals surface area contributed by atoms with Crippen LogP contribution >= 0.6 is 0 Å². The summed E-state index contributed by atoms with van der Waals surface area (Å²) in [5.74, 6) is -0.285. The Balaban J connectivity index is 0.833. The number of hydrogen-bond acceptors (Lipinski definition) is 10. The van der Waals surface area contributed by atoms with E-state index in [1.165, 1.54) is 10.1 Å². The van der Waals surface area contributed by atoms with Crippen molar-refractivity contribution in [3.05, 3.63) is 76.5 Å². The van der Waals surface area contributed by atoms with E-state index in [4.69, 9.17) is 5.10 Å². The molecule has 6 heterocycles. The number of aromatic amines is 1. The maximum Gasteiger partial charge on any atom is 0.327 e. The fourth-order valence-corrected chi connectivity index (χ4v) is 8.31. The Bertz CT molecular complexity index is 2310. The van der Waals surface area contributed by atoms with E-state index in [0.717, 1.165) is 81.9 Å². The van der Waals surface area contributed by atoms with Crippen LogP contribution < -0.4 is 31.9 Å². The number of fused-ring (bicyclic) bond motifs is 2. The number of benzene rings is 2. The van der Waals surface area contributed by atoms with Gasteiger partial charge in [-0.1, -0.05) is 12.1 Å². The van der Waals surface area contributed by atoms with Crippen LogP contribution in [0.4, 0.5) is 22.9 Å². The molecule has 1 spiro atoms. The third-order valence-corrected chi connectivity index (χ3v) is 11.4. The van der Waals surface area contributed by atoms with Gasteiger partial charge in [-0.15, -0.1) is 5.10 Å². The first-order chi connectivity index (χ1) is 25.7. The summed E-state index contributed by atoms with van der Waals surface area (Å²) < 4.78 is 3.08. The molecule has 15 nitrogen and oxygen atoms in total. The van der Waals surface area contributed by atoms with Crippen molar-refractivity contribution in [2.24, 2.45) is 5.41 Å². The minimum atomic E-state index is -0.694. The zero-order chi connectivity index (χ0) is 36.3. The number of nitrogens with zero attached hydrogens (tertiary/aromatic N) is 6. The zero-order valence-corrected chi connectivity index (χ0v) is 29.7. The molecule has 1 atom stereocenters. The molecule has 5 N–H and O–H groups in total. The van der Waals surface area contributed by atoms with Crippen molar-refractivity contribution in [3.8, 4) is 0 Å². The van der Waals surface area contributed by atoms with Gasteiger partial charge in [0.05, 0.1) is 22.9 Å². The number of amides is 3. The first-order valence-corrected chi connectivity index (χ1v) is 18.5. The SMILES string of the molecule is CNc1cc(Nc2cccc(CN3CCC4(CC3)CCN(c3ccc5c(c3)[nH]c(=O)n5C3CCC(=O)NC3=O)C4)c2)nn2c(C(=O)NC3CC3)cnc12. The maximum absolute atomic E-state index is 12.9. The van der Waals surface area contributed by atoms with Crippen molar-refractivity contribution < 1.29 is 14.4 Å². The van der Waals surface area contributed by atoms with Crippen molar-refractivity contribution in [1.82, 2.24) is 39.7 Å². The molecule has 15 heteroatoms. The van der Waals surface area contributed by atoms with Gasteiger partial charge < -0.3 is 25.8 Å². The maximum atomic E-state index is 12.9. The molecule has 3 aromatic heterocycles. The molecule has 1 unspecified atom stereocenters. The molecule has 9 rings (SSSR count). The highest BCUT2D eigenvalue weighted by molar-refractivity contribution is 6.00. The molecular formula is C38H43N11O4. The van der Waals surface area contributed by atoms with Crippen molar-refractivity contribution in [2.75, 3.05) is 48.8 Å². The van der Waals surface area contributed by atoms with Gasteiger partial charge in [-0.3, -0.25) is 29.2 Å². The van der Waals surface area contributed by atoms with E-state index in [1.54, 1.807) is 10.7 Å². The molecule has 1 aliphatic carbocycles. The smallest absolute Gasteiger partial charge is 0.327 e. The molecule has 3 amide bonds. The highest BCUT2D eigenvalue weighted by Crippen LogP contribution is 2.42. The number of nitrogens with one attached hydrogen (secondary N) is 5. The van der Waals surface area contributed by atoms with Crippen LogP contribution in [0.2, 0.25) is 0 Å². The molecule has 0 bridgehead atoms. The number of likely N-dealkylation sites (tertiary alicyclic amines) is 1. The number of hydrogen-bond donors (Lipinski definition) is 5. The molecule has 3 saturated heterocycles. The topological polar surface area (TPSA) is 174 Å². The van der Waals surface area contributed by atoms with Gasteiger partial charge >= 0.3 is 5.69 Å². The van der Waals surface area contributed by atoms with Gasteiger partial charge in [0, 0.05) is 56.6 Å². The monoisotopic (exact) mass is 717 g/mol. The van der Waals surface area contributed by atoms with Gasteiger partial charge in [-0.2, -0.15) is 0 Å². The predicted molar refractivity (Wildman–Crippen MR) is 200 cm³/mol. The summed E-state index contributed by atoms with van der Waals surface area (Å²) in [6.07, 6.45) is 7.48. The number of anilines is 4. The normalized spacial score (nSPS) is 20.3. The quantitative estimate of drug-likeness (QED) is 0.142. The second-order valence-electron chi connectivity index (χ2n) is 15.1. The van der Waals surface area contributed by atoms with Gasteiger partial charge in [0.15, 0.2) is 17.2 Å². The van der Waals surface area contributed by atoms with Crippen LogP contribution in [0.15, 0.2) is 59.5 Å². The van der Waals surface area contributed by atoms with Crippen LogP contribution in [0.3, 0.4) is 0 Å². The van der Waals surface area contributed by atoms with Crippen LogP contribution in [0.25, 0.3) is 16.7 Å². The van der Waals surface area contributed by atoms with Gasteiger partial charge in [0.1, 0.15) is 6.04 Å². The number of piperidine rings is 2. The Morgan fingerprint density at radius 1 is 1.00 bits per heavy atom. The standard InChI is InChI=1S/C38H43N11O4/c1-39-28-19-32(45-49-31(20-40-34(28)49)36(52)42-24-5-6-24)41-25-4-2-3-23(17-25)21-46-14-11-38(12-15-46)13-16-47(22-38)26-7-8-29-27(18-26)43-37(53)48(29)30-9-10-33(50)44-35(30)51/h2-4,7-8,17-20,24,30,39H,5-6,9-16,21-22H2,1H3,(H,41,45)(H,42,52)(H,43,53)(H,44,50,51). The molecule has 0 radical (unpaired) electrons. The minimum Gasteiger partial charge on any atom is -0.385 e. The average Bonchev–Trinajstić information content (AvgIpc) is 3.55. The fourth-order valence-electron chi connectivity index (χ4n) is 8.31. The molecule has 1 saturated carbocycles.